The Kier molecular flexibility index (Phi) is 9.88. The molecule has 0 aliphatic rings. The summed E-state index contributed by atoms with van der Waals surface area (Å²) in [7, 11) is -4.26. The van der Waals surface area contributed by atoms with Crippen LogP contribution in [0.3, 0.4) is 0 Å². The summed E-state index contributed by atoms with van der Waals surface area (Å²) in [5, 5.41) is 14.1. The minimum absolute atomic E-state index is 0.0473. The number of hydrogen-bond donors (Lipinski definition) is 1. The molecule has 0 bridgehead atoms. The Labute approximate surface area is 241 Å². The molecule has 0 saturated carbocycles. The van der Waals surface area contributed by atoms with Crippen LogP contribution in [0.2, 0.25) is 0 Å². The highest BCUT2D eigenvalue weighted by atomic mass is 32.2. The van der Waals surface area contributed by atoms with Gasteiger partial charge in [0.15, 0.2) is 0 Å². The van der Waals surface area contributed by atoms with Gasteiger partial charge in [0, 0.05) is 24.2 Å². The molecule has 0 fully saturated rings. The first kappa shape index (κ1) is 31.3. The molecule has 2 amide bonds. The van der Waals surface area contributed by atoms with Gasteiger partial charge in [0.25, 0.3) is 15.7 Å². The molecular weight excluding hydrogens is 544 g/mol. The molecule has 0 aliphatic carbocycles. The van der Waals surface area contributed by atoms with Crippen molar-refractivity contribution in [2.45, 2.75) is 64.1 Å². The highest BCUT2D eigenvalue weighted by Gasteiger charge is 2.34. The smallest absolute Gasteiger partial charge is 0.269 e. The number of benzene rings is 3. The number of non-ortho nitro benzene ring substituents is 1. The third kappa shape index (κ3) is 8.14. The lowest BCUT2D eigenvalue weighted by molar-refractivity contribution is -0.384. The summed E-state index contributed by atoms with van der Waals surface area (Å²) in [6, 6.07) is 19.2. The lowest BCUT2D eigenvalue weighted by atomic mass is 10.0. The van der Waals surface area contributed by atoms with Gasteiger partial charge in [0.2, 0.25) is 11.8 Å². The molecule has 3 aromatic rings. The fourth-order valence-corrected chi connectivity index (χ4v) is 5.80. The summed E-state index contributed by atoms with van der Waals surface area (Å²) in [6.45, 7) is 8.68. The number of amides is 2. The number of nitro groups is 1. The Bertz CT molecular complexity index is 1490. The first-order chi connectivity index (χ1) is 19.2. The van der Waals surface area contributed by atoms with Crippen LogP contribution in [0.15, 0.2) is 83.8 Å². The van der Waals surface area contributed by atoms with Crippen LogP contribution < -0.4 is 9.62 Å². The number of aryl methyl sites for hydroxylation is 1. The maximum Gasteiger partial charge on any atom is 0.269 e. The van der Waals surface area contributed by atoms with Crippen LogP contribution in [0, 0.1) is 17.0 Å². The molecule has 218 valence electrons. The zero-order valence-corrected chi connectivity index (χ0v) is 24.7. The van der Waals surface area contributed by atoms with Crippen LogP contribution in [-0.4, -0.2) is 48.2 Å². The zero-order valence-electron chi connectivity index (χ0n) is 23.9. The van der Waals surface area contributed by atoms with Gasteiger partial charge in [0.05, 0.1) is 15.5 Å². The van der Waals surface area contributed by atoms with E-state index in [9.17, 15) is 28.1 Å². The average Bonchev–Trinajstić information content (AvgIpc) is 2.91. The van der Waals surface area contributed by atoms with E-state index in [0.29, 0.717) is 6.42 Å². The predicted octanol–water partition coefficient (Wildman–Crippen LogP) is 4.82. The van der Waals surface area contributed by atoms with Gasteiger partial charge < -0.3 is 10.2 Å². The second kappa shape index (κ2) is 12.9. The topological polar surface area (TPSA) is 130 Å². The molecule has 3 aromatic carbocycles. The van der Waals surface area contributed by atoms with Gasteiger partial charge in [-0.15, -0.1) is 0 Å². The van der Waals surface area contributed by atoms with Crippen molar-refractivity contribution < 1.29 is 22.9 Å². The summed E-state index contributed by atoms with van der Waals surface area (Å²) in [4.78, 5) is 39.4. The molecule has 1 N–H and O–H groups in total. The van der Waals surface area contributed by atoms with E-state index in [-0.39, 0.29) is 28.7 Å². The molecule has 0 unspecified atom stereocenters. The van der Waals surface area contributed by atoms with Gasteiger partial charge in [-0.1, -0.05) is 55.0 Å². The van der Waals surface area contributed by atoms with Crippen molar-refractivity contribution in [2.24, 2.45) is 0 Å². The van der Waals surface area contributed by atoms with E-state index in [1.165, 1.54) is 41.3 Å². The van der Waals surface area contributed by atoms with Crippen molar-refractivity contribution in [1.29, 1.82) is 0 Å². The molecule has 1 atom stereocenters. The highest BCUT2D eigenvalue weighted by molar-refractivity contribution is 7.92. The van der Waals surface area contributed by atoms with Crippen molar-refractivity contribution in [1.82, 2.24) is 10.2 Å². The second-order valence-electron chi connectivity index (χ2n) is 10.8. The SMILES string of the molecule is CC[C@H](C(=O)NC(C)(C)C)N(Cc1cccc(C)c1)C(=O)CN(c1ccc([N+](=O)[O-])cc1)S(=O)(=O)c1ccccc1. The normalized spacial score (nSPS) is 12.3. The van der Waals surface area contributed by atoms with Crippen LogP contribution in [-0.2, 0) is 26.2 Å². The first-order valence-corrected chi connectivity index (χ1v) is 14.7. The Balaban J connectivity index is 2.08. The maximum atomic E-state index is 14.1. The number of nitro benzene ring substituents is 1. The van der Waals surface area contributed by atoms with Gasteiger partial charge in [-0.2, -0.15) is 0 Å². The number of sulfonamides is 1. The summed E-state index contributed by atoms with van der Waals surface area (Å²) in [5.41, 5.74) is 1.07. The maximum absolute atomic E-state index is 14.1. The largest absolute Gasteiger partial charge is 0.350 e. The van der Waals surface area contributed by atoms with Crippen LogP contribution in [0.1, 0.15) is 45.2 Å². The summed E-state index contributed by atoms with van der Waals surface area (Å²) >= 11 is 0. The number of rotatable bonds is 11. The summed E-state index contributed by atoms with van der Waals surface area (Å²) in [5.74, 6) is -0.950. The Morgan fingerprint density at radius 2 is 1.61 bits per heavy atom. The molecule has 0 radical (unpaired) electrons. The third-order valence-electron chi connectivity index (χ3n) is 6.28. The van der Waals surface area contributed by atoms with E-state index in [4.69, 9.17) is 0 Å². The third-order valence-corrected chi connectivity index (χ3v) is 8.07. The minimum atomic E-state index is -4.26. The van der Waals surface area contributed by atoms with Crippen molar-refractivity contribution in [3.63, 3.8) is 0 Å². The number of carbonyl (C=O) groups is 2. The number of anilines is 1. The van der Waals surface area contributed by atoms with Crippen LogP contribution in [0.4, 0.5) is 11.4 Å². The number of carbonyl (C=O) groups excluding carboxylic acids is 2. The first-order valence-electron chi connectivity index (χ1n) is 13.2. The fourth-order valence-electron chi connectivity index (χ4n) is 4.37. The minimum Gasteiger partial charge on any atom is -0.350 e. The van der Waals surface area contributed by atoms with Crippen LogP contribution in [0.5, 0.6) is 0 Å². The number of nitrogens with one attached hydrogen (secondary N) is 1. The molecule has 3 rings (SSSR count). The van der Waals surface area contributed by atoms with Gasteiger partial charge >= 0.3 is 0 Å². The molecule has 11 heteroatoms. The monoisotopic (exact) mass is 580 g/mol. The number of nitrogens with zero attached hydrogens (tertiary/aromatic N) is 3. The predicted molar refractivity (Wildman–Crippen MR) is 158 cm³/mol. The van der Waals surface area contributed by atoms with Crippen molar-refractivity contribution in [3.05, 3.63) is 100 Å². The Hall–Kier alpha value is -4.25. The lowest BCUT2D eigenvalue weighted by Crippen LogP contribution is -2.55. The molecule has 41 heavy (non-hydrogen) atoms. The molecular formula is C30H36N4O6S. The molecule has 0 heterocycles. The lowest BCUT2D eigenvalue weighted by Gasteiger charge is -2.34. The molecule has 0 saturated heterocycles. The van der Waals surface area contributed by atoms with E-state index >= 15 is 0 Å². The number of hydrogen-bond acceptors (Lipinski definition) is 6. The highest BCUT2D eigenvalue weighted by Crippen LogP contribution is 2.27. The molecule has 0 aromatic heterocycles. The van der Waals surface area contributed by atoms with Gasteiger partial charge in [0.1, 0.15) is 12.6 Å². The quantitative estimate of drug-likeness (QED) is 0.256. The van der Waals surface area contributed by atoms with Crippen molar-refractivity contribution in [2.75, 3.05) is 10.8 Å². The van der Waals surface area contributed by atoms with Gasteiger partial charge in [-0.3, -0.25) is 24.0 Å². The molecule has 0 spiro atoms. The Morgan fingerprint density at radius 3 is 2.15 bits per heavy atom. The molecule has 10 nitrogen and oxygen atoms in total. The van der Waals surface area contributed by atoms with Crippen molar-refractivity contribution >= 4 is 33.2 Å². The van der Waals surface area contributed by atoms with Crippen LogP contribution >= 0.6 is 0 Å². The van der Waals surface area contributed by atoms with E-state index in [1.54, 1.807) is 25.1 Å². The van der Waals surface area contributed by atoms with Crippen LogP contribution in [0.25, 0.3) is 0 Å². The fraction of sp³-hybridized carbons (Fsp3) is 0.333. The second-order valence-corrected chi connectivity index (χ2v) is 12.6. The average molecular weight is 581 g/mol. The molecule has 0 aliphatic heterocycles. The standard InChI is InChI=1S/C30H36N4O6S/c1-6-27(29(36)31-30(3,4)5)32(20-23-12-10-11-22(2)19-23)28(35)21-33(24-15-17-25(18-16-24)34(37)38)41(39,40)26-13-8-7-9-14-26/h7-19,27H,6,20-21H2,1-5H3,(H,31,36)/t27-/m1/s1. The van der Waals surface area contributed by atoms with Crippen molar-refractivity contribution in [3.8, 4) is 0 Å². The summed E-state index contributed by atoms with van der Waals surface area (Å²) in [6.07, 6.45) is 0.294. The van der Waals surface area contributed by atoms with Gasteiger partial charge in [-0.25, -0.2) is 8.42 Å². The van der Waals surface area contributed by atoms with E-state index in [2.05, 4.69) is 5.32 Å². The van der Waals surface area contributed by atoms with E-state index < -0.39 is 39.0 Å². The summed E-state index contributed by atoms with van der Waals surface area (Å²) < 4.78 is 28.6. The Morgan fingerprint density at radius 1 is 0.976 bits per heavy atom. The zero-order chi connectivity index (χ0) is 30.4. The van der Waals surface area contributed by atoms with E-state index in [0.717, 1.165) is 15.4 Å². The van der Waals surface area contributed by atoms with E-state index in [1.807, 2.05) is 52.0 Å². The van der Waals surface area contributed by atoms with Gasteiger partial charge in [-0.05, 0) is 63.9 Å².